The van der Waals surface area contributed by atoms with Crippen molar-refractivity contribution in [3.63, 3.8) is 0 Å². The molecule has 1 fully saturated rings. The maximum absolute atomic E-state index is 9.13. The summed E-state index contributed by atoms with van der Waals surface area (Å²) in [6, 6.07) is 8.80. The van der Waals surface area contributed by atoms with Crippen LogP contribution in [-0.4, -0.2) is 14.7 Å². The summed E-state index contributed by atoms with van der Waals surface area (Å²) in [6.07, 6.45) is 6.32. The second-order valence-electron chi connectivity index (χ2n) is 4.65. The van der Waals surface area contributed by atoms with E-state index in [4.69, 9.17) is 5.11 Å². The second-order valence-corrected chi connectivity index (χ2v) is 4.65. The second kappa shape index (κ2) is 4.34. The van der Waals surface area contributed by atoms with E-state index in [0.717, 1.165) is 18.3 Å². The van der Waals surface area contributed by atoms with Crippen LogP contribution in [0.5, 0.6) is 0 Å². The van der Waals surface area contributed by atoms with Crippen LogP contribution in [0.4, 0.5) is 0 Å². The van der Waals surface area contributed by atoms with Crippen LogP contribution in [0.3, 0.4) is 0 Å². The molecule has 0 saturated heterocycles. The number of rotatable bonds is 4. The molecule has 0 amide bonds. The Morgan fingerprint density at radius 3 is 2.65 bits per heavy atom. The molecule has 0 spiro atoms. The molecule has 1 aliphatic rings. The Balaban J connectivity index is 1.76. The van der Waals surface area contributed by atoms with Crippen LogP contribution >= 0.6 is 0 Å². The molecule has 3 rings (SSSR count). The van der Waals surface area contributed by atoms with E-state index in [-0.39, 0.29) is 6.61 Å². The van der Waals surface area contributed by atoms with Crippen molar-refractivity contribution in [2.75, 3.05) is 0 Å². The molecule has 1 heterocycles. The Labute approximate surface area is 101 Å². The zero-order chi connectivity index (χ0) is 11.7. The molecule has 0 atom stereocenters. The SMILES string of the molecule is OCc1nccn1Cc1ccc(C2CC2)cc1. The normalized spacial score (nSPS) is 15.1. The van der Waals surface area contributed by atoms with E-state index in [1.165, 1.54) is 24.0 Å². The zero-order valence-electron chi connectivity index (χ0n) is 9.71. The van der Waals surface area contributed by atoms with E-state index in [2.05, 4.69) is 29.2 Å². The minimum atomic E-state index is -0.00679. The maximum Gasteiger partial charge on any atom is 0.134 e. The molecule has 1 aromatic heterocycles. The van der Waals surface area contributed by atoms with E-state index in [9.17, 15) is 0 Å². The molecule has 17 heavy (non-hydrogen) atoms. The third-order valence-corrected chi connectivity index (χ3v) is 3.32. The number of benzene rings is 1. The predicted molar refractivity (Wildman–Crippen MR) is 65.7 cm³/mol. The quantitative estimate of drug-likeness (QED) is 0.872. The summed E-state index contributed by atoms with van der Waals surface area (Å²) in [6.45, 7) is 0.772. The highest BCUT2D eigenvalue weighted by atomic mass is 16.3. The number of imidazole rings is 1. The van der Waals surface area contributed by atoms with E-state index < -0.39 is 0 Å². The average molecular weight is 228 g/mol. The lowest BCUT2D eigenvalue weighted by Gasteiger charge is -2.07. The van der Waals surface area contributed by atoms with Gasteiger partial charge in [0.2, 0.25) is 0 Å². The van der Waals surface area contributed by atoms with Crippen LogP contribution in [-0.2, 0) is 13.2 Å². The van der Waals surface area contributed by atoms with Crippen molar-refractivity contribution in [2.24, 2.45) is 0 Å². The maximum atomic E-state index is 9.13. The molecule has 88 valence electrons. The molecule has 2 aromatic rings. The fraction of sp³-hybridized carbons (Fsp3) is 0.357. The molecule has 1 aliphatic carbocycles. The Kier molecular flexibility index (Phi) is 2.69. The van der Waals surface area contributed by atoms with Crippen molar-refractivity contribution < 1.29 is 5.11 Å². The van der Waals surface area contributed by atoms with E-state index >= 15 is 0 Å². The first-order chi connectivity index (χ1) is 8.36. The number of hydrogen-bond donors (Lipinski definition) is 1. The largest absolute Gasteiger partial charge is 0.388 e. The molecule has 0 unspecified atom stereocenters. The standard InChI is InChI=1S/C14H16N2O/c17-10-14-15-7-8-16(14)9-11-1-3-12(4-2-11)13-5-6-13/h1-4,7-8,13,17H,5-6,9-10H2. The fourth-order valence-electron chi connectivity index (χ4n) is 2.14. The van der Waals surface area contributed by atoms with Gasteiger partial charge in [-0.2, -0.15) is 0 Å². The topological polar surface area (TPSA) is 38.1 Å². The molecule has 1 aromatic carbocycles. The van der Waals surface area contributed by atoms with Gasteiger partial charge < -0.3 is 9.67 Å². The van der Waals surface area contributed by atoms with Crippen LogP contribution in [0, 0.1) is 0 Å². The Bertz CT molecular complexity index is 497. The van der Waals surface area contributed by atoms with Crippen LogP contribution < -0.4 is 0 Å². The minimum Gasteiger partial charge on any atom is -0.388 e. The van der Waals surface area contributed by atoms with Crippen molar-refractivity contribution in [1.29, 1.82) is 0 Å². The molecule has 3 heteroatoms. The van der Waals surface area contributed by atoms with Crippen molar-refractivity contribution >= 4 is 0 Å². The Morgan fingerprint density at radius 1 is 1.24 bits per heavy atom. The van der Waals surface area contributed by atoms with Gasteiger partial charge in [-0.3, -0.25) is 0 Å². The average Bonchev–Trinajstić information content (AvgIpc) is 3.11. The van der Waals surface area contributed by atoms with E-state index in [1.807, 2.05) is 10.8 Å². The molecule has 1 saturated carbocycles. The molecule has 1 N–H and O–H groups in total. The van der Waals surface area contributed by atoms with Gasteiger partial charge in [-0.15, -0.1) is 0 Å². The van der Waals surface area contributed by atoms with Crippen molar-refractivity contribution in [3.8, 4) is 0 Å². The number of aliphatic hydroxyl groups excluding tert-OH is 1. The first-order valence-electron chi connectivity index (χ1n) is 6.06. The summed E-state index contributed by atoms with van der Waals surface area (Å²) in [5.74, 6) is 1.53. The third-order valence-electron chi connectivity index (χ3n) is 3.32. The highest BCUT2D eigenvalue weighted by molar-refractivity contribution is 5.28. The Hall–Kier alpha value is -1.61. The van der Waals surface area contributed by atoms with Crippen molar-refractivity contribution in [3.05, 3.63) is 53.6 Å². The summed E-state index contributed by atoms with van der Waals surface area (Å²) >= 11 is 0. The molecular formula is C14H16N2O. The Morgan fingerprint density at radius 2 is 2.00 bits per heavy atom. The first-order valence-corrected chi connectivity index (χ1v) is 6.06. The predicted octanol–water partition coefficient (Wildman–Crippen LogP) is 2.30. The van der Waals surface area contributed by atoms with Gasteiger partial charge in [-0.25, -0.2) is 4.98 Å². The molecule has 0 bridgehead atoms. The van der Waals surface area contributed by atoms with Gasteiger partial charge in [-0.05, 0) is 29.9 Å². The summed E-state index contributed by atoms with van der Waals surface area (Å²) in [4.78, 5) is 4.10. The fourth-order valence-corrected chi connectivity index (χ4v) is 2.14. The van der Waals surface area contributed by atoms with E-state index in [1.54, 1.807) is 6.20 Å². The van der Waals surface area contributed by atoms with Crippen LogP contribution in [0.15, 0.2) is 36.7 Å². The van der Waals surface area contributed by atoms with Crippen molar-refractivity contribution in [1.82, 2.24) is 9.55 Å². The zero-order valence-corrected chi connectivity index (χ0v) is 9.71. The minimum absolute atomic E-state index is 0.00679. The lowest BCUT2D eigenvalue weighted by atomic mass is 10.1. The number of hydrogen-bond acceptors (Lipinski definition) is 2. The summed E-state index contributed by atoms with van der Waals surface area (Å²) in [5, 5.41) is 9.13. The third kappa shape index (κ3) is 2.24. The van der Waals surface area contributed by atoms with Gasteiger partial charge >= 0.3 is 0 Å². The number of nitrogens with zero attached hydrogens (tertiary/aromatic N) is 2. The van der Waals surface area contributed by atoms with Gasteiger partial charge in [0.25, 0.3) is 0 Å². The summed E-state index contributed by atoms with van der Waals surface area (Å²) in [5.41, 5.74) is 2.71. The molecule has 0 radical (unpaired) electrons. The monoisotopic (exact) mass is 228 g/mol. The number of aliphatic hydroxyl groups is 1. The van der Waals surface area contributed by atoms with Gasteiger partial charge in [-0.1, -0.05) is 24.3 Å². The van der Waals surface area contributed by atoms with Crippen molar-refractivity contribution in [2.45, 2.75) is 31.9 Å². The highest BCUT2D eigenvalue weighted by Crippen LogP contribution is 2.39. The smallest absolute Gasteiger partial charge is 0.134 e. The van der Waals surface area contributed by atoms with Gasteiger partial charge in [0.1, 0.15) is 12.4 Å². The van der Waals surface area contributed by atoms with Gasteiger partial charge in [0.15, 0.2) is 0 Å². The number of aromatic nitrogens is 2. The molecule has 0 aliphatic heterocycles. The molecule has 3 nitrogen and oxygen atoms in total. The summed E-state index contributed by atoms with van der Waals surface area (Å²) < 4.78 is 1.98. The van der Waals surface area contributed by atoms with Crippen LogP contribution in [0.1, 0.15) is 35.7 Å². The lowest BCUT2D eigenvalue weighted by Crippen LogP contribution is -2.04. The van der Waals surface area contributed by atoms with Crippen LogP contribution in [0.25, 0.3) is 0 Å². The van der Waals surface area contributed by atoms with Gasteiger partial charge in [0, 0.05) is 18.9 Å². The summed E-state index contributed by atoms with van der Waals surface area (Å²) in [7, 11) is 0. The van der Waals surface area contributed by atoms with E-state index in [0.29, 0.717) is 0 Å². The lowest BCUT2D eigenvalue weighted by molar-refractivity contribution is 0.266. The van der Waals surface area contributed by atoms with Crippen LogP contribution in [0.2, 0.25) is 0 Å². The first kappa shape index (κ1) is 10.5. The van der Waals surface area contributed by atoms with Gasteiger partial charge in [0.05, 0.1) is 0 Å². The highest BCUT2D eigenvalue weighted by Gasteiger charge is 2.22. The molecular weight excluding hydrogens is 212 g/mol.